The summed E-state index contributed by atoms with van der Waals surface area (Å²) in [7, 11) is -1.69. The Balaban J connectivity index is 2.04. The van der Waals surface area contributed by atoms with Crippen molar-refractivity contribution < 1.29 is 8.42 Å². The molecule has 114 valence electrons. The number of aromatic nitrogens is 1. The van der Waals surface area contributed by atoms with Crippen LogP contribution in [0.25, 0.3) is 0 Å². The fraction of sp³-hybridized carbons (Fsp3) is 0.769. The summed E-state index contributed by atoms with van der Waals surface area (Å²) in [6.45, 7) is 5.84. The van der Waals surface area contributed by atoms with Gasteiger partial charge in [0.1, 0.15) is 0 Å². The van der Waals surface area contributed by atoms with Gasteiger partial charge < -0.3 is 0 Å². The Morgan fingerprint density at radius 1 is 1.55 bits per heavy atom. The lowest BCUT2D eigenvalue weighted by molar-refractivity contribution is 0.263. The van der Waals surface area contributed by atoms with Gasteiger partial charge in [-0.1, -0.05) is 13.8 Å². The third kappa shape index (κ3) is 3.58. The number of aryl methyl sites for hydroxylation is 1. The van der Waals surface area contributed by atoms with E-state index in [4.69, 9.17) is 0 Å². The maximum Gasteiger partial charge on any atom is 0.282 e. The summed E-state index contributed by atoms with van der Waals surface area (Å²) in [5.74, 6) is 0.446. The highest BCUT2D eigenvalue weighted by atomic mass is 32.2. The predicted molar refractivity (Wildman–Crippen MR) is 81.8 cm³/mol. The number of hydrogen-bond donors (Lipinski definition) is 0. The van der Waals surface area contributed by atoms with E-state index in [1.54, 1.807) is 28.9 Å². The normalized spacial score (nSPS) is 21.5. The summed E-state index contributed by atoms with van der Waals surface area (Å²) < 4.78 is 28.2. The SMILES string of the molecule is CCc1ncc(CN(C)S(=O)(=O)N2CCC[C@@H](C)C2)s1. The monoisotopic (exact) mass is 317 g/mol. The van der Waals surface area contributed by atoms with Crippen LogP contribution in [0.5, 0.6) is 0 Å². The van der Waals surface area contributed by atoms with Gasteiger partial charge in [-0.15, -0.1) is 11.3 Å². The molecule has 0 N–H and O–H groups in total. The second kappa shape index (κ2) is 6.51. The molecule has 0 aromatic carbocycles. The molecule has 1 atom stereocenters. The van der Waals surface area contributed by atoms with Gasteiger partial charge in [-0.2, -0.15) is 17.0 Å². The van der Waals surface area contributed by atoms with Crippen molar-refractivity contribution in [3.8, 4) is 0 Å². The van der Waals surface area contributed by atoms with E-state index >= 15 is 0 Å². The van der Waals surface area contributed by atoms with Gasteiger partial charge in [-0.3, -0.25) is 0 Å². The molecular weight excluding hydrogens is 294 g/mol. The molecule has 1 saturated heterocycles. The maximum absolute atomic E-state index is 12.5. The number of rotatable bonds is 5. The fourth-order valence-electron chi connectivity index (χ4n) is 2.44. The Morgan fingerprint density at radius 3 is 2.90 bits per heavy atom. The van der Waals surface area contributed by atoms with Crippen molar-refractivity contribution in [2.45, 2.75) is 39.7 Å². The third-order valence-electron chi connectivity index (χ3n) is 3.62. The van der Waals surface area contributed by atoms with Crippen molar-refractivity contribution in [2.75, 3.05) is 20.1 Å². The zero-order valence-electron chi connectivity index (χ0n) is 12.4. The van der Waals surface area contributed by atoms with Crippen LogP contribution in [0.1, 0.15) is 36.6 Å². The van der Waals surface area contributed by atoms with Crippen molar-refractivity contribution in [3.63, 3.8) is 0 Å². The average Bonchev–Trinajstić information content (AvgIpc) is 2.86. The second-order valence-corrected chi connectivity index (χ2v) is 8.68. The first-order chi connectivity index (χ1) is 9.43. The lowest BCUT2D eigenvalue weighted by Crippen LogP contribution is -2.45. The minimum atomic E-state index is -3.35. The summed E-state index contributed by atoms with van der Waals surface area (Å²) >= 11 is 1.59. The molecule has 7 heteroatoms. The first-order valence-corrected chi connectivity index (χ1v) is 9.29. The first-order valence-electron chi connectivity index (χ1n) is 7.08. The van der Waals surface area contributed by atoms with Crippen LogP contribution in [0.15, 0.2) is 6.20 Å². The van der Waals surface area contributed by atoms with E-state index in [1.807, 2.05) is 0 Å². The Morgan fingerprint density at radius 2 is 2.30 bits per heavy atom. The number of thiazole rings is 1. The van der Waals surface area contributed by atoms with Crippen LogP contribution in [0.4, 0.5) is 0 Å². The lowest BCUT2D eigenvalue weighted by Gasteiger charge is -2.32. The van der Waals surface area contributed by atoms with Gasteiger partial charge in [-0.05, 0) is 25.2 Å². The molecule has 1 aliphatic rings. The van der Waals surface area contributed by atoms with E-state index in [1.165, 1.54) is 4.31 Å². The largest absolute Gasteiger partial charge is 0.282 e. The van der Waals surface area contributed by atoms with Crippen molar-refractivity contribution in [3.05, 3.63) is 16.1 Å². The van der Waals surface area contributed by atoms with Crippen molar-refractivity contribution in [2.24, 2.45) is 5.92 Å². The van der Waals surface area contributed by atoms with Gasteiger partial charge in [0.2, 0.25) is 0 Å². The molecule has 1 aromatic heterocycles. The van der Waals surface area contributed by atoms with E-state index in [-0.39, 0.29) is 0 Å². The van der Waals surface area contributed by atoms with Crippen LogP contribution < -0.4 is 0 Å². The standard InChI is InChI=1S/C13H23N3O2S2/c1-4-13-14-8-12(19-13)10-15(3)20(17,18)16-7-5-6-11(2)9-16/h8,11H,4-7,9-10H2,1-3H3/t11-/m1/s1. The molecule has 5 nitrogen and oxygen atoms in total. The summed E-state index contributed by atoms with van der Waals surface area (Å²) in [6.07, 6.45) is 4.75. The lowest BCUT2D eigenvalue weighted by atomic mass is 10.0. The minimum absolute atomic E-state index is 0.408. The first kappa shape index (κ1) is 15.9. The summed E-state index contributed by atoms with van der Waals surface area (Å²) in [6, 6.07) is 0. The summed E-state index contributed by atoms with van der Waals surface area (Å²) in [4.78, 5) is 5.28. The van der Waals surface area contributed by atoms with Gasteiger partial charge in [0.15, 0.2) is 0 Å². The Bertz CT molecular complexity index is 542. The molecule has 20 heavy (non-hydrogen) atoms. The molecule has 0 unspecified atom stereocenters. The Hall–Kier alpha value is -0.500. The molecular formula is C13H23N3O2S2. The third-order valence-corrected chi connectivity index (χ3v) is 6.65. The second-order valence-electron chi connectivity index (χ2n) is 5.44. The molecule has 1 aliphatic heterocycles. The smallest absolute Gasteiger partial charge is 0.249 e. The molecule has 1 aromatic rings. The Kier molecular flexibility index (Phi) is 5.17. The molecule has 2 rings (SSSR count). The van der Waals surface area contributed by atoms with Crippen molar-refractivity contribution in [1.82, 2.24) is 13.6 Å². The van der Waals surface area contributed by atoms with Gasteiger partial charge in [-0.25, -0.2) is 4.98 Å². The maximum atomic E-state index is 12.5. The zero-order chi connectivity index (χ0) is 14.8. The van der Waals surface area contributed by atoms with E-state index in [0.717, 1.165) is 29.1 Å². The van der Waals surface area contributed by atoms with E-state index in [9.17, 15) is 8.42 Å². The molecule has 1 fully saturated rings. The zero-order valence-corrected chi connectivity index (χ0v) is 14.0. The number of piperidine rings is 1. The van der Waals surface area contributed by atoms with Crippen LogP contribution in [0.3, 0.4) is 0 Å². The van der Waals surface area contributed by atoms with Crippen LogP contribution in [-0.2, 0) is 23.2 Å². The van der Waals surface area contributed by atoms with E-state index in [0.29, 0.717) is 25.6 Å². The molecule has 0 radical (unpaired) electrons. The molecule has 0 aliphatic carbocycles. The van der Waals surface area contributed by atoms with Gasteiger partial charge in [0, 0.05) is 31.2 Å². The number of hydrogen-bond acceptors (Lipinski definition) is 4. The summed E-state index contributed by atoms with van der Waals surface area (Å²) in [5, 5.41) is 1.05. The minimum Gasteiger partial charge on any atom is -0.249 e. The topological polar surface area (TPSA) is 53.5 Å². The predicted octanol–water partition coefficient (Wildman–Crippen LogP) is 2.11. The van der Waals surface area contributed by atoms with Crippen molar-refractivity contribution >= 4 is 21.5 Å². The summed E-state index contributed by atoms with van der Waals surface area (Å²) in [5.41, 5.74) is 0. The van der Waals surface area contributed by atoms with Gasteiger partial charge in [0.05, 0.1) is 11.6 Å². The number of nitrogens with zero attached hydrogens (tertiary/aromatic N) is 3. The van der Waals surface area contributed by atoms with Gasteiger partial charge >= 0.3 is 0 Å². The molecule has 0 amide bonds. The highest BCUT2D eigenvalue weighted by Crippen LogP contribution is 2.22. The van der Waals surface area contributed by atoms with Crippen LogP contribution in [0.2, 0.25) is 0 Å². The van der Waals surface area contributed by atoms with Crippen molar-refractivity contribution in [1.29, 1.82) is 0 Å². The quantitative estimate of drug-likeness (QED) is 0.836. The highest BCUT2D eigenvalue weighted by Gasteiger charge is 2.30. The van der Waals surface area contributed by atoms with Crippen LogP contribution in [0, 0.1) is 5.92 Å². The average molecular weight is 317 g/mol. The molecule has 0 bridgehead atoms. The van der Waals surface area contributed by atoms with Gasteiger partial charge in [0.25, 0.3) is 10.2 Å². The fourth-order valence-corrected chi connectivity index (χ4v) is 4.94. The molecule has 2 heterocycles. The van der Waals surface area contributed by atoms with Crippen LogP contribution in [-0.4, -0.2) is 42.1 Å². The van der Waals surface area contributed by atoms with Crippen LogP contribution >= 0.6 is 11.3 Å². The van der Waals surface area contributed by atoms with E-state index < -0.39 is 10.2 Å². The Labute approximate surface area is 125 Å². The van der Waals surface area contributed by atoms with E-state index in [2.05, 4.69) is 18.8 Å². The molecule has 0 spiro atoms. The molecule has 0 saturated carbocycles. The highest BCUT2D eigenvalue weighted by molar-refractivity contribution is 7.86.